The van der Waals surface area contributed by atoms with Gasteiger partial charge in [-0.2, -0.15) is 0 Å². The molecule has 22 heavy (non-hydrogen) atoms. The van der Waals surface area contributed by atoms with Gasteiger partial charge in [0.2, 0.25) is 0 Å². The van der Waals surface area contributed by atoms with E-state index in [1.807, 2.05) is 6.07 Å². The number of benzene rings is 2. The standard InChI is InChI=1S/C15H12ClIN2O2S/c1-21-12-8-10(7-11(16)13(12)17)18-15(22)19-14(20)9-5-3-2-4-6-9/h2-8H,1H3,(H2,18,19,20,22). The topological polar surface area (TPSA) is 50.4 Å². The molecule has 0 atom stereocenters. The maximum atomic E-state index is 12.0. The van der Waals surface area contributed by atoms with Crippen LogP contribution in [0.1, 0.15) is 10.4 Å². The van der Waals surface area contributed by atoms with Gasteiger partial charge in [0.15, 0.2) is 5.11 Å². The van der Waals surface area contributed by atoms with Crippen LogP contribution in [0.3, 0.4) is 0 Å². The largest absolute Gasteiger partial charge is 0.496 e. The van der Waals surface area contributed by atoms with E-state index in [1.165, 1.54) is 0 Å². The number of carbonyl (C=O) groups is 1. The Bertz CT molecular complexity index is 710. The number of ether oxygens (including phenoxy) is 1. The number of anilines is 1. The van der Waals surface area contributed by atoms with E-state index < -0.39 is 0 Å². The Kier molecular flexibility index (Phi) is 5.98. The van der Waals surface area contributed by atoms with Crippen LogP contribution >= 0.6 is 46.4 Å². The summed E-state index contributed by atoms with van der Waals surface area (Å²) in [5.41, 5.74) is 1.17. The van der Waals surface area contributed by atoms with Crippen molar-refractivity contribution in [2.24, 2.45) is 0 Å². The van der Waals surface area contributed by atoms with Crippen LogP contribution < -0.4 is 15.4 Å². The fraction of sp³-hybridized carbons (Fsp3) is 0.0667. The normalized spacial score (nSPS) is 9.95. The van der Waals surface area contributed by atoms with Gasteiger partial charge in [-0.05, 0) is 53.0 Å². The number of rotatable bonds is 3. The van der Waals surface area contributed by atoms with Gasteiger partial charge in [0, 0.05) is 17.3 Å². The monoisotopic (exact) mass is 446 g/mol. The summed E-state index contributed by atoms with van der Waals surface area (Å²) >= 11 is 13.4. The third kappa shape index (κ3) is 4.31. The van der Waals surface area contributed by atoms with Gasteiger partial charge in [0.1, 0.15) is 5.75 Å². The molecule has 0 aliphatic heterocycles. The minimum absolute atomic E-state index is 0.188. The van der Waals surface area contributed by atoms with E-state index in [1.54, 1.807) is 43.5 Å². The van der Waals surface area contributed by atoms with Crippen molar-refractivity contribution in [3.8, 4) is 5.75 Å². The SMILES string of the molecule is COc1cc(NC(=S)NC(=O)c2ccccc2)cc(Cl)c1I. The Morgan fingerprint density at radius 3 is 2.59 bits per heavy atom. The van der Waals surface area contributed by atoms with Crippen LogP contribution in [-0.2, 0) is 0 Å². The molecule has 0 unspecified atom stereocenters. The lowest BCUT2D eigenvalue weighted by molar-refractivity contribution is 0.0978. The number of hydrogen-bond acceptors (Lipinski definition) is 3. The van der Waals surface area contributed by atoms with E-state index >= 15 is 0 Å². The fourth-order valence-electron chi connectivity index (χ4n) is 1.71. The molecule has 0 spiro atoms. The molecule has 0 bridgehead atoms. The second-order valence-corrected chi connectivity index (χ2v) is 6.14. The minimum atomic E-state index is -0.276. The molecule has 0 aliphatic carbocycles. The van der Waals surface area contributed by atoms with E-state index in [2.05, 4.69) is 33.2 Å². The van der Waals surface area contributed by atoms with Crippen LogP contribution in [0.15, 0.2) is 42.5 Å². The molecule has 0 saturated carbocycles. The molecule has 2 aromatic rings. The molecular formula is C15H12ClIN2O2S. The predicted octanol–water partition coefficient (Wildman–Crippen LogP) is 4.08. The van der Waals surface area contributed by atoms with Gasteiger partial charge in [-0.15, -0.1) is 0 Å². The Balaban J connectivity index is 2.06. The predicted molar refractivity (Wildman–Crippen MR) is 101 cm³/mol. The van der Waals surface area contributed by atoms with Gasteiger partial charge in [-0.1, -0.05) is 29.8 Å². The second kappa shape index (κ2) is 7.75. The summed E-state index contributed by atoms with van der Waals surface area (Å²) in [5, 5.41) is 6.26. The highest BCUT2D eigenvalue weighted by molar-refractivity contribution is 14.1. The maximum Gasteiger partial charge on any atom is 0.257 e. The molecule has 7 heteroatoms. The molecule has 0 fully saturated rings. The molecule has 4 nitrogen and oxygen atoms in total. The van der Waals surface area contributed by atoms with E-state index in [0.717, 1.165) is 3.57 Å². The van der Waals surface area contributed by atoms with Gasteiger partial charge in [0.05, 0.1) is 15.7 Å². The minimum Gasteiger partial charge on any atom is -0.496 e. The lowest BCUT2D eigenvalue weighted by atomic mass is 10.2. The fourth-order valence-corrected chi connectivity index (χ4v) is 2.66. The molecule has 0 aliphatic rings. The Hall–Kier alpha value is -1.38. The molecule has 0 heterocycles. The van der Waals surface area contributed by atoms with Crippen LogP contribution in [0, 0.1) is 3.57 Å². The van der Waals surface area contributed by atoms with Gasteiger partial charge < -0.3 is 10.1 Å². The van der Waals surface area contributed by atoms with Crippen LogP contribution in [-0.4, -0.2) is 18.1 Å². The summed E-state index contributed by atoms with van der Waals surface area (Å²) in [5.74, 6) is 0.356. The first-order valence-electron chi connectivity index (χ1n) is 6.21. The van der Waals surface area contributed by atoms with Crippen molar-refractivity contribution in [1.29, 1.82) is 0 Å². The third-order valence-electron chi connectivity index (χ3n) is 2.74. The molecule has 114 valence electrons. The van der Waals surface area contributed by atoms with Crippen molar-refractivity contribution < 1.29 is 9.53 Å². The van der Waals surface area contributed by atoms with E-state index in [-0.39, 0.29) is 11.0 Å². The van der Waals surface area contributed by atoms with Gasteiger partial charge in [0.25, 0.3) is 5.91 Å². The zero-order valence-corrected chi connectivity index (χ0v) is 15.3. The molecule has 0 radical (unpaired) electrons. The summed E-state index contributed by atoms with van der Waals surface area (Å²) in [6.07, 6.45) is 0. The Labute approximate surface area is 152 Å². The molecule has 0 saturated heterocycles. The highest BCUT2D eigenvalue weighted by Gasteiger charge is 2.10. The number of thiocarbonyl (C=S) groups is 1. The first kappa shape index (κ1) is 17.0. The highest BCUT2D eigenvalue weighted by atomic mass is 127. The molecular weight excluding hydrogens is 435 g/mol. The second-order valence-electron chi connectivity index (χ2n) is 4.25. The van der Waals surface area contributed by atoms with Gasteiger partial charge in [-0.3, -0.25) is 10.1 Å². The molecule has 2 rings (SSSR count). The van der Waals surface area contributed by atoms with E-state index in [4.69, 9.17) is 28.6 Å². The number of methoxy groups -OCH3 is 1. The zero-order valence-electron chi connectivity index (χ0n) is 11.5. The molecule has 1 amide bonds. The van der Waals surface area contributed by atoms with Crippen LogP contribution in [0.2, 0.25) is 5.02 Å². The van der Waals surface area contributed by atoms with Crippen molar-refractivity contribution in [1.82, 2.24) is 5.32 Å². The van der Waals surface area contributed by atoms with Crippen molar-refractivity contribution in [3.05, 3.63) is 56.6 Å². The summed E-state index contributed by atoms with van der Waals surface area (Å²) in [4.78, 5) is 12.0. The number of hydrogen-bond donors (Lipinski definition) is 2. The smallest absolute Gasteiger partial charge is 0.257 e. The summed E-state index contributed by atoms with van der Waals surface area (Å²) in [7, 11) is 1.56. The molecule has 2 N–H and O–H groups in total. The maximum absolute atomic E-state index is 12.0. The Morgan fingerprint density at radius 2 is 1.95 bits per heavy atom. The van der Waals surface area contributed by atoms with Crippen molar-refractivity contribution >= 4 is 63.1 Å². The number of nitrogens with one attached hydrogen (secondary N) is 2. The average molecular weight is 447 g/mol. The van der Waals surface area contributed by atoms with Crippen LogP contribution in [0.4, 0.5) is 5.69 Å². The van der Waals surface area contributed by atoms with Crippen molar-refractivity contribution in [2.75, 3.05) is 12.4 Å². The number of amides is 1. The zero-order chi connectivity index (χ0) is 16.1. The van der Waals surface area contributed by atoms with Crippen LogP contribution in [0.5, 0.6) is 5.75 Å². The van der Waals surface area contributed by atoms with Crippen molar-refractivity contribution in [3.63, 3.8) is 0 Å². The highest BCUT2D eigenvalue weighted by Crippen LogP contribution is 2.31. The summed E-state index contributed by atoms with van der Waals surface area (Å²) in [6, 6.07) is 12.3. The quantitative estimate of drug-likeness (QED) is 0.551. The lowest BCUT2D eigenvalue weighted by Gasteiger charge is -2.12. The summed E-state index contributed by atoms with van der Waals surface area (Å²) < 4.78 is 6.05. The van der Waals surface area contributed by atoms with Gasteiger partial charge >= 0.3 is 0 Å². The van der Waals surface area contributed by atoms with Gasteiger partial charge in [-0.25, -0.2) is 0 Å². The molecule has 0 aromatic heterocycles. The molecule has 2 aromatic carbocycles. The Morgan fingerprint density at radius 1 is 1.27 bits per heavy atom. The summed E-state index contributed by atoms with van der Waals surface area (Å²) in [6.45, 7) is 0. The van der Waals surface area contributed by atoms with Crippen LogP contribution in [0.25, 0.3) is 0 Å². The van der Waals surface area contributed by atoms with Crippen molar-refractivity contribution in [2.45, 2.75) is 0 Å². The third-order valence-corrected chi connectivity index (χ3v) is 4.67. The number of halogens is 2. The van der Waals surface area contributed by atoms with E-state index in [9.17, 15) is 4.79 Å². The van der Waals surface area contributed by atoms with E-state index in [0.29, 0.717) is 22.0 Å². The average Bonchev–Trinajstić information content (AvgIpc) is 2.51. The number of carbonyl (C=O) groups excluding carboxylic acids is 1. The lowest BCUT2D eigenvalue weighted by Crippen LogP contribution is -2.34. The first-order valence-corrected chi connectivity index (χ1v) is 8.08. The first-order chi connectivity index (χ1) is 10.5.